The number of hydrogen-bond acceptors (Lipinski definition) is 6. The summed E-state index contributed by atoms with van der Waals surface area (Å²) in [5.41, 5.74) is 0.964. The number of amides is 1. The number of halogens is 1. The molecule has 0 unspecified atom stereocenters. The highest BCUT2D eigenvalue weighted by atomic mass is 19.1. The fourth-order valence-electron chi connectivity index (χ4n) is 4.96. The summed E-state index contributed by atoms with van der Waals surface area (Å²) in [7, 11) is 3.32. The second-order valence-electron chi connectivity index (χ2n) is 8.90. The van der Waals surface area contributed by atoms with E-state index >= 15 is 0 Å². The average molecular weight is 472 g/mol. The van der Waals surface area contributed by atoms with Crippen LogP contribution in [0, 0.1) is 5.82 Å². The SMILES string of the molecule is COc1ccc2c(c1)OCCN(Cc1ncccc1F)CCCC[C@@H]1[C@H](OC)CCCN1C2=O. The van der Waals surface area contributed by atoms with Crippen LogP contribution >= 0.6 is 0 Å². The zero-order valence-corrected chi connectivity index (χ0v) is 20.0. The zero-order chi connectivity index (χ0) is 23.9. The molecular weight excluding hydrogens is 437 g/mol. The van der Waals surface area contributed by atoms with Gasteiger partial charge in [-0.15, -0.1) is 0 Å². The Kier molecular flexibility index (Phi) is 8.34. The van der Waals surface area contributed by atoms with Crippen molar-refractivity contribution in [2.24, 2.45) is 0 Å². The van der Waals surface area contributed by atoms with Crippen molar-refractivity contribution in [1.29, 1.82) is 0 Å². The van der Waals surface area contributed by atoms with E-state index in [9.17, 15) is 9.18 Å². The monoisotopic (exact) mass is 471 g/mol. The van der Waals surface area contributed by atoms with Crippen LogP contribution in [-0.4, -0.2) is 73.3 Å². The third kappa shape index (κ3) is 5.67. The molecule has 0 aliphatic carbocycles. The Hall–Kier alpha value is -2.71. The van der Waals surface area contributed by atoms with Crippen molar-refractivity contribution in [2.75, 3.05) is 40.5 Å². The molecule has 2 aromatic rings. The number of nitrogens with zero attached hydrogens (tertiary/aromatic N) is 3. The van der Waals surface area contributed by atoms with E-state index in [1.807, 2.05) is 4.90 Å². The van der Waals surface area contributed by atoms with E-state index in [0.717, 1.165) is 38.6 Å². The van der Waals surface area contributed by atoms with Crippen molar-refractivity contribution < 1.29 is 23.4 Å². The lowest BCUT2D eigenvalue weighted by molar-refractivity contribution is -0.0155. The van der Waals surface area contributed by atoms with Crippen molar-refractivity contribution in [2.45, 2.75) is 50.8 Å². The normalized spacial score (nSPS) is 22.4. The summed E-state index contributed by atoms with van der Waals surface area (Å²) in [6.07, 6.45) is 6.24. The molecule has 184 valence electrons. The van der Waals surface area contributed by atoms with Crippen molar-refractivity contribution >= 4 is 5.91 Å². The van der Waals surface area contributed by atoms with Crippen LogP contribution in [0.25, 0.3) is 0 Å². The molecule has 1 saturated heterocycles. The molecule has 1 amide bonds. The molecule has 0 spiro atoms. The maximum Gasteiger partial charge on any atom is 0.257 e. The Morgan fingerprint density at radius 2 is 2.00 bits per heavy atom. The van der Waals surface area contributed by atoms with Crippen LogP contribution in [0.2, 0.25) is 0 Å². The Labute approximate surface area is 200 Å². The number of pyridine rings is 1. The number of aromatic nitrogens is 1. The lowest BCUT2D eigenvalue weighted by atomic mass is 9.93. The Balaban J connectivity index is 1.61. The minimum Gasteiger partial charge on any atom is -0.497 e. The van der Waals surface area contributed by atoms with Crippen LogP contribution in [0.3, 0.4) is 0 Å². The van der Waals surface area contributed by atoms with E-state index in [1.165, 1.54) is 6.07 Å². The van der Waals surface area contributed by atoms with Crippen molar-refractivity contribution in [3.05, 3.63) is 53.6 Å². The molecular formula is C26H34FN3O4. The molecule has 1 fully saturated rings. The molecule has 1 aromatic heterocycles. The van der Waals surface area contributed by atoms with Crippen LogP contribution in [0.5, 0.6) is 11.5 Å². The fraction of sp³-hybridized carbons (Fsp3) is 0.538. The third-order valence-electron chi connectivity index (χ3n) is 6.80. The molecule has 2 aliphatic heterocycles. The van der Waals surface area contributed by atoms with E-state index in [-0.39, 0.29) is 23.9 Å². The number of carbonyl (C=O) groups excluding carboxylic acids is 1. The van der Waals surface area contributed by atoms with Crippen LogP contribution in [-0.2, 0) is 11.3 Å². The van der Waals surface area contributed by atoms with Crippen LogP contribution in [0.15, 0.2) is 36.5 Å². The van der Waals surface area contributed by atoms with E-state index < -0.39 is 0 Å². The molecule has 0 saturated carbocycles. The minimum atomic E-state index is -0.298. The van der Waals surface area contributed by atoms with E-state index in [1.54, 1.807) is 44.7 Å². The van der Waals surface area contributed by atoms with Gasteiger partial charge in [0.25, 0.3) is 5.91 Å². The Morgan fingerprint density at radius 1 is 1.12 bits per heavy atom. The van der Waals surface area contributed by atoms with Crippen LogP contribution in [0.1, 0.15) is 48.2 Å². The summed E-state index contributed by atoms with van der Waals surface area (Å²) in [5.74, 6) is 0.808. The first-order valence-corrected chi connectivity index (χ1v) is 12.1. The maximum atomic E-state index is 14.2. The molecule has 4 rings (SSSR count). The highest BCUT2D eigenvalue weighted by molar-refractivity contribution is 5.97. The molecule has 1 aromatic carbocycles. The molecule has 0 radical (unpaired) electrons. The smallest absolute Gasteiger partial charge is 0.257 e. The number of carbonyl (C=O) groups is 1. The molecule has 7 nitrogen and oxygen atoms in total. The summed E-state index contributed by atoms with van der Waals surface area (Å²) < 4.78 is 31.5. The van der Waals surface area contributed by atoms with Crippen molar-refractivity contribution in [3.63, 3.8) is 0 Å². The van der Waals surface area contributed by atoms with Crippen LogP contribution < -0.4 is 9.47 Å². The molecule has 3 heterocycles. The molecule has 2 atom stereocenters. The number of piperidine rings is 1. The number of rotatable bonds is 4. The first-order valence-electron chi connectivity index (χ1n) is 12.1. The number of hydrogen-bond donors (Lipinski definition) is 0. The predicted molar refractivity (Wildman–Crippen MR) is 127 cm³/mol. The lowest BCUT2D eigenvalue weighted by Gasteiger charge is -2.41. The van der Waals surface area contributed by atoms with Crippen LogP contribution in [0.4, 0.5) is 4.39 Å². The summed E-state index contributed by atoms with van der Waals surface area (Å²) in [4.78, 5) is 22.0. The van der Waals surface area contributed by atoms with Gasteiger partial charge in [0.15, 0.2) is 0 Å². The number of fused-ring (bicyclic) bond motifs is 2. The predicted octanol–water partition coefficient (Wildman–Crippen LogP) is 3.91. The maximum absolute atomic E-state index is 14.2. The average Bonchev–Trinajstić information content (AvgIpc) is 2.87. The highest BCUT2D eigenvalue weighted by Crippen LogP contribution is 2.31. The van der Waals surface area contributed by atoms with Gasteiger partial charge >= 0.3 is 0 Å². The van der Waals surface area contributed by atoms with Gasteiger partial charge in [-0.25, -0.2) is 4.39 Å². The van der Waals surface area contributed by atoms with Gasteiger partial charge in [0.05, 0.1) is 30.5 Å². The number of methoxy groups -OCH3 is 2. The third-order valence-corrected chi connectivity index (χ3v) is 6.80. The first-order chi connectivity index (χ1) is 16.6. The molecule has 8 heteroatoms. The number of ether oxygens (including phenoxy) is 3. The van der Waals surface area contributed by atoms with Gasteiger partial charge in [0, 0.05) is 39.0 Å². The summed E-state index contributed by atoms with van der Waals surface area (Å²) in [6.45, 7) is 2.87. The second-order valence-corrected chi connectivity index (χ2v) is 8.90. The zero-order valence-electron chi connectivity index (χ0n) is 20.0. The standard InChI is InChI=1S/C26H34FN3O4/c1-32-19-10-11-20-25(17-19)34-16-15-29(18-22-21(27)7-5-12-28-22)13-4-3-8-23-24(33-2)9-6-14-30(23)26(20)31/h5,7,10-12,17,23-24H,3-4,6,8-9,13-16,18H2,1-2H3/t23-,24-/m1/s1. The molecule has 2 aliphatic rings. The lowest BCUT2D eigenvalue weighted by Crippen LogP contribution is -2.51. The molecule has 0 bridgehead atoms. The summed E-state index contributed by atoms with van der Waals surface area (Å²) >= 11 is 0. The van der Waals surface area contributed by atoms with E-state index in [2.05, 4.69) is 9.88 Å². The largest absolute Gasteiger partial charge is 0.497 e. The summed E-state index contributed by atoms with van der Waals surface area (Å²) in [5, 5.41) is 0. The molecule has 34 heavy (non-hydrogen) atoms. The van der Waals surface area contributed by atoms with Crippen molar-refractivity contribution in [1.82, 2.24) is 14.8 Å². The quantitative estimate of drug-likeness (QED) is 0.674. The van der Waals surface area contributed by atoms with Gasteiger partial charge in [0.2, 0.25) is 0 Å². The van der Waals surface area contributed by atoms with Crippen molar-refractivity contribution in [3.8, 4) is 11.5 Å². The second kappa shape index (κ2) is 11.6. The van der Waals surface area contributed by atoms with Gasteiger partial charge in [-0.3, -0.25) is 14.7 Å². The topological polar surface area (TPSA) is 64.1 Å². The van der Waals surface area contributed by atoms with Gasteiger partial charge in [-0.2, -0.15) is 0 Å². The number of benzene rings is 1. The molecule has 0 N–H and O–H groups in total. The van der Waals surface area contributed by atoms with Gasteiger partial charge in [0.1, 0.15) is 23.9 Å². The van der Waals surface area contributed by atoms with Gasteiger partial charge < -0.3 is 19.1 Å². The van der Waals surface area contributed by atoms with E-state index in [0.29, 0.717) is 49.0 Å². The highest BCUT2D eigenvalue weighted by Gasteiger charge is 2.35. The summed E-state index contributed by atoms with van der Waals surface area (Å²) in [6, 6.07) is 8.40. The Morgan fingerprint density at radius 3 is 2.79 bits per heavy atom. The van der Waals surface area contributed by atoms with Gasteiger partial charge in [-0.1, -0.05) is 6.42 Å². The van der Waals surface area contributed by atoms with E-state index in [4.69, 9.17) is 14.2 Å². The minimum absolute atomic E-state index is 0.0173. The Bertz CT molecular complexity index is 973. The fourth-order valence-corrected chi connectivity index (χ4v) is 4.96. The van der Waals surface area contributed by atoms with Gasteiger partial charge in [-0.05, 0) is 56.5 Å². The first kappa shape index (κ1) is 24.4.